The lowest BCUT2D eigenvalue weighted by atomic mass is 10.1. The maximum atomic E-state index is 13.1. The first-order chi connectivity index (χ1) is 8.63. The molecule has 0 bridgehead atoms. The second kappa shape index (κ2) is 5.09. The Bertz CT molecular complexity index is 507. The zero-order chi connectivity index (χ0) is 13.1. The Morgan fingerprint density at radius 1 is 1.61 bits per heavy atom. The van der Waals surface area contributed by atoms with E-state index >= 15 is 0 Å². The van der Waals surface area contributed by atoms with E-state index in [-0.39, 0.29) is 17.6 Å². The molecule has 1 aliphatic heterocycles. The highest BCUT2D eigenvalue weighted by atomic mass is 19.1. The molecule has 3 nitrogen and oxygen atoms in total. The number of hydrogen-bond acceptors (Lipinski definition) is 2. The number of hydrogen-bond donors (Lipinski definition) is 0. The van der Waals surface area contributed by atoms with Gasteiger partial charge in [-0.25, -0.2) is 4.39 Å². The number of nitrogens with zero attached hydrogens (tertiary/aromatic N) is 1. The smallest absolute Gasteiger partial charge is 0.224 e. The minimum atomic E-state index is -0.357. The summed E-state index contributed by atoms with van der Waals surface area (Å²) in [6.07, 6.45) is 5.71. The van der Waals surface area contributed by atoms with Crippen molar-refractivity contribution in [2.45, 2.75) is 13.0 Å². The number of carbonyl (C=O) groups is 1. The monoisotopic (exact) mass is 247 g/mol. The maximum Gasteiger partial charge on any atom is 0.224 e. The Kier molecular flexibility index (Phi) is 3.52. The lowest BCUT2D eigenvalue weighted by molar-refractivity contribution is -0.128. The summed E-state index contributed by atoms with van der Waals surface area (Å²) in [5.41, 5.74) is 0.782. The molecule has 0 spiro atoms. The van der Waals surface area contributed by atoms with Gasteiger partial charge in [0.25, 0.3) is 0 Å². The molecule has 0 saturated carbocycles. The first-order valence-corrected chi connectivity index (χ1v) is 5.70. The van der Waals surface area contributed by atoms with Crippen molar-refractivity contribution in [3.8, 4) is 18.1 Å². The van der Waals surface area contributed by atoms with Crippen LogP contribution in [0.4, 0.5) is 4.39 Å². The van der Waals surface area contributed by atoms with E-state index in [1.165, 1.54) is 19.2 Å². The van der Waals surface area contributed by atoms with E-state index in [1.54, 1.807) is 11.0 Å². The average molecular weight is 247 g/mol. The van der Waals surface area contributed by atoms with Gasteiger partial charge in [0.05, 0.1) is 7.11 Å². The van der Waals surface area contributed by atoms with Crippen LogP contribution in [-0.2, 0) is 11.3 Å². The molecule has 2 rings (SSSR count). The molecule has 1 heterocycles. The highest BCUT2D eigenvalue weighted by Crippen LogP contribution is 2.25. The van der Waals surface area contributed by atoms with Crippen LogP contribution in [0.2, 0.25) is 0 Å². The molecule has 0 aliphatic carbocycles. The number of rotatable bonds is 3. The fourth-order valence-electron chi connectivity index (χ4n) is 2.09. The topological polar surface area (TPSA) is 29.5 Å². The Balaban J connectivity index is 2.15. The predicted octanol–water partition coefficient (Wildman–Crippen LogP) is 1.82. The summed E-state index contributed by atoms with van der Waals surface area (Å²) >= 11 is 0. The van der Waals surface area contributed by atoms with Crippen LogP contribution in [0.25, 0.3) is 0 Å². The first-order valence-electron chi connectivity index (χ1n) is 5.70. The van der Waals surface area contributed by atoms with Crippen LogP contribution in [-0.4, -0.2) is 24.5 Å². The Labute approximate surface area is 106 Å². The molecule has 1 aliphatic rings. The zero-order valence-electron chi connectivity index (χ0n) is 10.1. The SMILES string of the molecule is C#CC1CC(=O)N(Cc2ccc(F)cc2OC)C1. The molecule has 1 aromatic rings. The van der Waals surface area contributed by atoms with Crippen LogP contribution < -0.4 is 4.74 Å². The lowest BCUT2D eigenvalue weighted by Crippen LogP contribution is -2.24. The minimum absolute atomic E-state index is 0.0241. The van der Waals surface area contributed by atoms with Crippen molar-refractivity contribution >= 4 is 5.91 Å². The van der Waals surface area contributed by atoms with Crippen LogP contribution in [0.3, 0.4) is 0 Å². The molecule has 4 heteroatoms. The number of terminal acetylenes is 1. The molecular formula is C14H14FNO2. The van der Waals surface area contributed by atoms with Crippen molar-refractivity contribution in [2.75, 3.05) is 13.7 Å². The molecule has 94 valence electrons. The van der Waals surface area contributed by atoms with Crippen LogP contribution in [0.1, 0.15) is 12.0 Å². The second-order valence-corrected chi connectivity index (χ2v) is 4.30. The van der Waals surface area contributed by atoms with E-state index in [1.807, 2.05) is 0 Å². The third-order valence-corrected chi connectivity index (χ3v) is 3.06. The number of halogens is 1. The summed E-state index contributed by atoms with van der Waals surface area (Å²) in [5, 5.41) is 0. The Morgan fingerprint density at radius 3 is 3.00 bits per heavy atom. The van der Waals surface area contributed by atoms with Crippen molar-refractivity contribution in [3.05, 3.63) is 29.6 Å². The molecular weight excluding hydrogens is 233 g/mol. The van der Waals surface area contributed by atoms with Crippen LogP contribution in [0.5, 0.6) is 5.75 Å². The van der Waals surface area contributed by atoms with Crippen molar-refractivity contribution in [1.82, 2.24) is 4.90 Å². The third kappa shape index (κ3) is 2.45. The Hall–Kier alpha value is -2.02. The molecule has 18 heavy (non-hydrogen) atoms. The predicted molar refractivity (Wildman–Crippen MR) is 65.3 cm³/mol. The van der Waals surface area contributed by atoms with E-state index in [2.05, 4.69) is 5.92 Å². The number of carbonyl (C=O) groups excluding carboxylic acids is 1. The molecule has 0 aromatic heterocycles. The first kappa shape index (κ1) is 12.4. The minimum Gasteiger partial charge on any atom is -0.496 e. The third-order valence-electron chi connectivity index (χ3n) is 3.06. The fourth-order valence-corrected chi connectivity index (χ4v) is 2.09. The molecule has 1 fully saturated rings. The summed E-state index contributed by atoms with van der Waals surface area (Å²) in [5.74, 6) is 2.70. The molecule has 1 saturated heterocycles. The van der Waals surface area contributed by atoms with E-state index in [0.29, 0.717) is 25.3 Å². The quantitative estimate of drug-likeness (QED) is 0.762. The molecule has 0 radical (unpaired) electrons. The Morgan fingerprint density at radius 2 is 2.39 bits per heavy atom. The van der Waals surface area contributed by atoms with Gasteiger partial charge in [0.1, 0.15) is 11.6 Å². The summed E-state index contributed by atoms with van der Waals surface area (Å²) < 4.78 is 18.2. The van der Waals surface area contributed by atoms with Gasteiger partial charge in [-0.05, 0) is 6.07 Å². The van der Waals surface area contributed by atoms with E-state index in [9.17, 15) is 9.18 Å². The van der Waals surface area contributed by atoms with Gasteiger partial charge in [-0.2, -0.15) is 0 Å². The summed E-state index contributed by atoms with van der Waals surface area (Å²) in [4.78, 5) is 13.4. The molecule has 1 amide bonds. The van der Waals surface area contributed by atoms with Gasteiger partial charge >= 0.3 is 0 Å². The van der Waals surface area contributed by atoms with Gasteiger partial charge in [-0.3, -0.25) is 4.79 Å². The number of likely N-dealkylation sites (tertiary alicyclic amines) is 1. The van der Waals surface area contributed by atoms with E-state index in [0.717, 1.165) is 5.56 Å². The highest BCUT2D eigenvalue weighted by Gasteiger charge is 2.28. The fraction of sp³-hybridized carbons (Fsp3) is 0.357. The van der Waals surface area contributed by atoms with Gasteiger partial charge in [0, 0.05) is 37.1 Å². The number of benzene rings is 1. The molecule has 0 N–H and O–H groups in total. The van der Waals surface area contributed by atoms with Crippen LogP contribution >= 0.6 is 0 Å². The van der Waals surface area contributed by atoms with Crippen LogP contribution in [0.15, 0.2) is 18.2 Å². The molecule has 1 unspecified atom stereocenters. The van der Waals surface area contributed by atoms with Gasteiger partial charge < -0.3 is 9.64 Å². The molecule has 1 aromatic carbocycles. The summed E-state index contributed by atoms with van der Waals surface area (Å²) in [6.45, 7) is 0.955. The van der Waals surface area contributed by atoms with Crippen molar-refractivity contribution in [3.63, 3.8) is 0 Å². The highest BCUT2D eigenvalue weighted by molar-refractivity contribution is 5.79. The number of methoxy groups -OCH3 is 1. The lowest BCUT2D eigenvalue weighted by Gasteiger charge is -2.17. The van der Waals surface area contributed by atoms with Crippen molar-refractivity contribution < 1.29 is 13.9 Å². The normalized spacial score (nSPS) is 18.8. The molecule has 1 atom stereocenters. The number of amides is 1. The largest absolute Gasteiger partial charge is 0.496 e. The second-order valence-electron chi connectivity index (χ2n) is 4.30. The summed E-state index contributed by atoms with van der Waals surface area (Å²) in [7, 11) is 1.48. The van der Waals surface area contributed by atoms with Gasteiger partial charge in [0.2, 0.25) is 5.91 Å². The van der Waals surface area contributed by atoms with E-state index < -0.39 is 0 Å². The summed E-state index contributed by atoms with van der Waals surface area (Å²) in [6, 6.07) is 4.30. The standard InChI is InChI=1S/C14H14FNO2/c1-3-10-6-14(17)16(8-10)9-11-4-5-12(15)7-13(11)18-2/h1,4-5,7,10H,6,8-9H2,2H3. The van der Waals surface area contributed by atoms with Gasteiger partial charge in [-0.1, -0.05) is 6.07 Å². The van der Waals surface area contributed by atoms with Crippen LogP contribution in [0, 0.1) is 24.1 Å². The number of ether oxygens (including phenoxy) is 1. The average Bonchev–Trinajstić information content (AvgIpc) is 2.72. The zero-order valence-corrected chi connectivity index (χ0v) is 10.1. The van der Waals surface area contributed by atoms with Gasteiger partial charge in [0.15, 0.2) is 0 Å². The van der Waals surface area contributed by atoms with E-state index in [4.69, 9.17) is 11.2 Å². The van der Waals surface area contributed by atoms with Crippen molar-refractivity contribution in [2.24, 2.45) is 5.92 Å². The van der Waals surface area contributed by atoms with Gasteiger partial charge in [-0.15, -0.1) is 12.3 Å². The van der Waals surface area contributed by atoms with Crippen molar-refractivity contribution in [1.29, 1.82) is 0 Å². The maximum absolute atomic E-state index is 13.1.